The van der Waals surface area contributed by atoms with Crippen molar-refractivity contribution in [1.82, 2.24) is 5.32 Å². The fourth-order valence-electron chi connectivity index (χ4n) is 2.57. The van der Waals surface area contributed by atoms with E-state index in [1.807, 2.05) is 66.7 Å². The zero-order valence-electron chi connectivity index (χ0n) is 15.6. The zero-order valence-corrected chi connectivity index (χ0v) is 15.6. The van der Waals surface area contributed by atoms with E-state index < -0.39 is 0 Å². The molecule has 0 fully saturated rings. The Labute approximate surface area is 164 Å². The van der Waals surface area contributed by atoms with Crippen LogP contribution >= 0.6 is 0 Å². The van der Waals surface area contributed by atoms with E-state index in [0.29, 0.717) is 17.2 Å². The minimum atomic E-state index is -0.229. The molecule has 0 saturated heterocycles. The SMILES string of the molecule is COc1ccccc1OCC#CCNC(=O)COc1ccc2ccccc2c1. The fourth-order valence-corrected chi connectivity index (χ4v) is 2.57. The molecule has 5 heteroatoms. The van der Waals surface area contributed by atoms with Gasteiger partial charge in [-0.25, -0.2) is 0 Å². The third-order valence-electron chi connectivity index (χ3n) is 3.96. The number of carbonyl (C=O) groups is 1. The lowest BCUT2D eigenvalue weighted by Crippen LogP contribution is -2.29. The summed E-state index contributed by atoms with van der Waals surface area (Å²) in [5.41, 5.74) is 0. The Bertz CT molecular complexity index is 1000. The van der Waals surface area contributed by atoms with Crippen LogP contribution in [0.25, 0.3) is 10.8 Å². The molecule has 0 bridgehead atoms. The van der Waals surface area contributed by atoms with Gasteiger partial charge in [-0.1, -0.05) is 54.3 Å². The number of methoxy groups -OCH3 is 1. The summed E-state index contributed by atoms with van der Waals surface area (Å²) >= 11 is 0. The number of amides is 1. The van der Waals surface area contributed by atoms with Crippen LogP contribution in [0.2, 0.25) is 0 Å². The number of para-hydroxylation sites is 2. The Morgan fingerprint density at radius 2 is 1.64 bits per heavy atom. The van der Waals surface area contributed by atoms with Crippen LogP contribution in [0, 0.1) is 11.8 Å². The van der Waals surface area contributed by atoms with Gasteiger partial charge in [0, 0.05) is 0 Å². The van der Waals surface area contributed by atoms with E-state index in [4.69, 9.17) is 14.2 Å². The monoisotopic (exact) mass is 375 g/mol. The maximum atomic E-state index is 11.9. The normalized spacial score (nSPS) is 9.89. The summed E-state index contributed by atoms with van der Waals surface area (Å²) in [5, 5.41) is 4.89. The molecule has 0 aliphatic rings. The van der Waals surface area contributed by atoms with Gasteiger partial charge in [0.1, 0.15) is 12.4 Å². The average Bonchev–Trinajstić information content (AvgIpc) is 2.74. The highest BCUT2D eigenvalue weighted by molar-refractivity contribution is 5.84. The molecule has 0 unspecified atom stereocenters. The molecular formula is C23H21NO4. The summed E-state index contributed by atoms with van der Waals surface area (Å²) in [4.78, 5) is 11.9. The molecule has 3 aromatic carbocycles. The summed E-state index contributed by atoms with van der Waals surface area (Å²) < 4.78 is 16.3. The number of benzene rings is 3. The van der Waals surface area contributed by atoms with E-state index in [2.05, 4.69) is 17.2 Å². The van der Waals surface area contributed by atoms with E-state index in [1.165, 1.54) is 0 Å². The number of ether oxygens (including phenoxy) is 3. The van der Waals surface area contributed by atoms with E-state index >= 15 is 0 Å². The summed E-state index contributed by atoms with van der Waals surface area (Å²) in [7, 11) is 1.59. The maximum Gasteiger partial charge on any atom is 0.258 e. The molecule has 0 aliphatic heterocycles. The minimum Gasteiger partial charge on any atom is -0.493 e. The first-order chi connectivity index (χ1) is 13.8. The molecule has 3 rings (SSSR count). The van der Waals surface area contributed by atoms with Crippen LogP contribution < -0.4 is 19.5 Å². The van der Waals surface area contributed by atoms with Crippen molar-refractivity contribution in [2.75, 3.05) is 26.9 Å². The van der Waals surface area contributed by atoms with Crippen molar-refractivity contribution >= 4 is 16.7 Å². The lowest BCUT2D eigenvalue weighted by atomic mass is 10.1. The zero-order chi connectivity index (χ0) is 19.6. The number of carbonyl (C=O) groups excluding carboxylic acids is 1. The number of hydrogen-bond acceptors (Lipinski definition) is 4. The van der Waals surface area contributed by atoms with Gasteiger partial charge in [-0.15, -0.1) is 0 Å². The van der Waals surface area contributed by atoms with E-state index in [9.17, 15) is 4.79 Å². The van der Waals surface area contributed by atoms with Crippen molar-refractivity contribution in [3.05, 3.63) is 66.7 Å². The first-order valence-electron chi connectivity index (χ1n) is 8.86. The predicted octanol–water partition coefficient (Wildman–Crippen LogP) is 3.43. The molecule has 0 atom stereocenters. The molecule has 0 saturated carbocycles. The van der Waals surface area contributed by atoms with E-state index in [-0.39, 0.29) is 25.7 Å². The number of rotatable bonds is 7. The maximum absolute atomic E-state index is 11.9. The first-order valence-corrected chi connectivity index (χ1v) is 8.86. The van der Waals surface area contributed by atoms with Crippen LogP contribution in [0.15, 0.2) is 66.7 Å². The van der Waals surface area contributed by atoms with Crippen LogP contribution in [0.5, 0.6) is 17.2 Å². The second-order valence-corrected chi connectivity index (χ2v) is 5.87. The van der Waals surface area contributed by atoms with Gasteiger partial charge in [-0.2, -0.15) is 0 Å². The molecule has 1 amide bonds. The van der Waals surface area contributed by atoms with Crippen LogP contribution in [-0.4, -0.2) is 32.8 Å². The molecule has 0 aromatic heterocycles. The second kappa shape index (κ2) is 9.89. The highest BCUT2D eigenvalue weighted by atomic mass is 16.5. The molecule has 0 radical (unpaired) electrons. The lowest BCUT2D eigenvalue weighted by Gasteiger charge is -2.07. The molecule has 142 valence electrons. The van der Waals surface area contributed by atoms with Crippen LogP contribution in [-0.2, 0) is 4.79 Å². The predicted molar refractivity (Wildman–Crippen MR) is 109 cm³/mol. The topological polar surface area (TPSA) is 56.8 Å². The van der Waals surface area contributed by atoms with Crippen molar-refractivity contribution in [2.45, 2.75) is 0 Å². The second-order valence-electron chi connectivity index (χ2n) is 5.87. The average molecular weight is 375 g/mol. The molecule has 1 N–H and O–H groups in total. The van der Waals surface area contributed by atoms with Gasteiger partial charge in [0.05, 0.1) is 13.7 Å². The quantitative estimate of drug-likeness (QED) is 0.643. The molecule has 5 nitrogen and oxygen atoms in total. The highest BCUT2D eigenvalue weighted by Crippen LogP contribution is 2.25. The van der Waals surface area contributed by atoms with Crippen LogP contribution in [0.4, 0.5) is 0 Å². The fraction of sp³-hybridized carbons (Fsp3) is 0.174. The van der Waals surface area contributed by atoms with Gasteiger partial charge in [0.25, 0.3) is 5.91 Å². The third kappa shape index (κ3) is 5.42. The van der Waals surface area contributed by atoms with Gasteiger partial charge in [0.2, 0.25) is 0 Å². The van der Waals surface area contributed by atoms with Crippen molar-refractivity contribution < 1.29 is 19.0 Å². The van der Waals surface area contributed by atoms with E-state index in [0.717, 1.165) is 10.8 Å². The largest absolute Gasteiger partial charge is 0.493 e. The first kappa shape index (κ1) is 19.1. The Morgan fingerprint density at radius 3 is 2.46 bits per heavy atom. The van der Waals surface area contributed by atoms with Crippen LogP contribution in [0.1, 0.15) is 0 Å². The number of nitrogens with one attached hydrogen (secondary N) is 1. The molecule has 0 spiro atoms. The minimum absolute atomic E-state index is 0.0578. The number of fused-ring (bicyclic) bond motifs is 1. The van der Waals surface area contributed by atoms with Gasteiger partial charge >= 0.3 is 0 Å². The van der Waals surface area contributed by atoms with Crippen molar-refractivity contribution in [2.24, 2.45) is 0 Å². The Balaban J connectivity index is 1.38. The van der Waals surface area contributed by atoms with Gasteiger partial charge in [-0.05, 0) is 35.0 Å². The van der Waals surface area contributed by atoms with E-state index in [1.54, 1.807) is 7.11 Å². The third-order valence-corrected chi connectivity index (χ3v) is 3.96. The summed E-state index contributed by atoms with van der Waals surface area (Å²) in [5.74, 6) is 7.41. The molecular weight excluding hydrogens is 354 g/mol. The molecule has 0 heterocycles. The van der Waals surface area contributed by atoms with Gasteiger partial charge in [0.15, 0.2) is 18.1 Å². The number of hydrogen-bond donors (Lipinski definition) is 1. The Morgan fingerprint density at radius 1 is 0.893 bits per heavy atom. The van der Waals surface area contributed by atoms with Crippen molar-refractivity contribution in [1.29, 1.82) is 0 Å². The van der Waals surface area contributed by atoms with Crippen molar-refractivity contribution in [3.63, 3.8) is 0 Å². The summed E-state index contributed by atoms with van der Waals surface area (Å²) in [6.07, 6.45) is 0. The van der Waals surface area contributed by atoms with Gasteiger partial charge < -0.3 is 19.5 Å². The highest BCUT2D eigenvalue weighted by Gasteiger charge is 2.03. The summed E-state index contributed by atoms with van der Waals surface area (Å²) in [6, 6.07) is 21.1. The Hall–Kier alpha value is -3.65. The summed E-state index contributed by atoms with van der Waals surface area (Å²) in [6.45, 7) is 0.386. The standard InChI is InChI=1S/C23H21NO4/c1-26-21-10-4-5-11-22(21)27-15-7-6-14-24-23(25)17-28-20-13-12-18-8-2-3-9-19(18)16-20/h2-5,8-13,16H,14-15,17H2,1H3,(H,24,25). The van der Waals surface area contributed by atoms with Crippen molar-refractivity contribution in [3.8, 4) is 29.1 Å². The molecule has 3 aromatic rings. The lowest BCUT2D eigenvalue weighted by molar-refractivity contribution is -0.122. The smallest absolute Gasteiger partial charge is 0.258 e. The molecule has 28 heavy (non-hydrogen) atoms. The Kier molecular flexibility index (Phi) is 6.75. The van der Waals surface area contributed by atoms with Gasteiger partial charge in [-0.3, -0.25) is 4.79 Å². The van der Waals surface area contributed by atoms with Crippen LogP contribution in [0.3, 0.4) is 0 Å². The molecule has 0 aliphatic carbocycles.